The number of aryl methyl sites for hydroxylation is 2. The Morgan fingerprint density at radius 3 is 2.82 bits per heavy atom. The summed E-state index contributed by atoms with van der Waals surface area (Å²) in [6.07, 6.45) is 5.30. The standard InChI is InChI=1S/C15H23NO/c1-13-6-8-14(9-7-13)4-2-10-16-12-15-5-3-11-17-15/h6-9,15-16H,2-5,10-12H2,1H3. The molecule has 2 heteroatoms. The van der Waals surface area contributed by atoms with E-state index in [-0.39, 0.29) is 0 Å². The Morgan fingerprint density at radius 2 is 2.12 bits per heavy atom. The zero-order valence-corrected chi connectivity index (χ0v) is 10.7. The third-order valence-corrected chi connectivity index (χ3v) is 3.34. The summed E-state index contributed by atoms with van der Waals surface area (Å²) in [4.78, 5) is 0. The Kier molecular flexibility index (Phi) is 5.02. The first-order valence-electron chi connectivity index (χ1n) is 6.72. The zero-order valence-electron chi connectivity index (χ0n) is 10.7. The molecule has 1 heterocycles. The third kappa shape index (κ3) is 4.49. The molecule has 2 rings (SSSR count). The molecule has 0 amide bonds. The molecule has 0 aliphatic carbocycles. The van der Waals surface area contributed by atoms with E-state index in [0.29, 0.717) is 6.10 Å². The number of benzene rings is 1. The molecule has 17 heavy (non-hydrogen) atoms. The highest BCUT2D eigenvalue weighted by Crippen LogP contribution is 2.10. The fourth-order valence-corrected chi connectivity index (χ4v) is 2.24. The molecule has 1 aromatic carbocycles. The van der Waals surface area contributed by atoms with Crippen LogP contribution in [0.4, 0.5) is 0 Å². The summed E-state index contributed by atoms with van der Waals surface area (Å²) >= 11 is 0. The number of hydrogen-bond donors (Lipinski definition) is 1. The van der Waals surface area contributed by atoms with Gasteiger partial charge in [0.15, 0.2) is 0 Å². The normalized spacial score (nSPS) is 19.7. The summed E-state index contributed by atoms with van der Waals surface area (Å²) in [7, 11) is 0. The second-order valence-electron chi connectivity index (χ2n) is 4.93. The van der Waals surface area contributed by atoms with E-state index in [1.807, 2.05) is 0 Å². The van der Waals surface area contributed by atoms with Crippen molar-refractivity contribution in [1.29, 1.82) is 0 Å². The average Bonchev–Trinajstić information content (AvgIpc) is 2.84. The molecule has 0 bridgehead atoms. The molecule has 0 aromatic heterocycles. The predicted molar refractivity (Wildman–Crippen MR) is 71.3 cm³/mol. The van der Waals surface area contributed by atoms with Crippen LogP contribution >= 0.6 is 0 Å². The fraction of sp³-hybridized carbons (Fsp3) is 0.600. The maximum Gasteiger partial charge on any atom is 0.0700 e. The summed E-state index contributed by atoms with van der Waals surface area (Å²) in [6.45, 7) is 5.20. The quantitative estimate of drug-likeness (QED) is 0.763. The van der Waals surface area contributed by atoms with Crippen LogP contribution in [0, 0.1) is 6.92 Å². The lowest BCUT2D eigenvalue weighted by atomic mass is 10.1. The second-order valence-corrected chi connectivity index (χ2v) is 4.93. The summed E-state index contributed by atoms with van der Waals surface area (Å²) in [5, 5.41) is 3.48. The number of nitrogens with one attached hydrogen (secondary N) is 1. The van der Waals surface area contributed by atoms with Crippen LogP contribution in [0.15, 0.2) is 24.3 Å². The van der Waals surface area contributed by atoms with Gasteiger partial charge in [-0.15, -0.1) is 0 Å². The lowest BCUT2D eigenvalue weighted by Gasteiger charge is -2.10. The van der Waals surface area contributed by atoms with Gasteiger partial charge in [-0.1, -0.05) is 29.8 Å². The van der Waals surface area contributed by atoms with E-state index in [2.05, 4.69) is 36.5 Å². The van der Waals surface area contributed by atoms with Crippen LogP contribution in [0.1, 0.15) is 30.4 Å². The van der Waals surface area contributed by atoms with E-state index < -0.39 is 0 Å². The molecule has 2 nitrogen and oxygen atoms in total. The van der Waals surface area contributed by atoms with Crippen molar-refractivity contribution in [3.63, 3.8) is 0 Å². The Morgan fingerprint density at radius 1 is 1.29 bits per heavy atom. The minimum atomic E-state index is 0.467. The molecule has 1 N–H and O–H groups in total. The molecule has 1 saturated heterocycles. The van der Waals surface area contributed by atoms with Gasteiger partial charge in [0.2, 0.25) is 0 Å². The van der Waals surface area contributed by atoms with Crippen molar-refractivity contribution in [2.75, 3.05) is 19.7 Å². The van der Waals surface area contributed by atoms with Crippen LogP contribution in [0.25, 0.3) is 0 Å². The highest BCUT2D eigenvalue weighted by atomic mass is 16.5. The van der Waals surface area contributed by atoms with Gasteiger partial charge < -0.3 is 10.1 Å². The minimum absolute atomic E-state index is 0.467. The summed E-state index contributed by atoms with van der Waals surface area (Å²) < 4.78 is 5.57. The molecule has 1 aliphatic heterocycles. The Hall–Kier alpha value is -0.860. The van der Waals surface area contributed by atoms with Crippen LogP contribution in [0.3, 0.4) is 0 Å². The number of ether oxygens (including phenoxy) is 1. The average molecular weight is 233 g/mol. The number of rotatable bonds is 6. The van der Waals surface area contributed by atoms with Crippen molar-refractivity contribution >= 4 is 0 Å². The molecule has 1 unspecified atom stereocenters. The summed E-state index contributed by atoms with van der Waals surface area (Å²) in [5.74, 6) is 0. The van der Waals surface area contributed by atoms with E-state index in [1.165, 1.54) is 36.8 Å². The Balaban J connectivity index is 1.55. The molecule has 0 spiro atoms. The molecule has 1 aromatic rings. The zero-order chi connectivity index (χ0) is 11.9. The second kappa shape index (κ2) is 6.77. The van der Waals surface area contributed by atoms with E-state index in [9.17, 15) is 0 Å². The van der Waals surface area contributed by atoms with Gasteiger partial charge in [-0.25, -0.2) is 0 Å². The maximum atomic E-state index is 5.57. The fourth-order valence-electron chi connectivity index (χ4n) is 2.24. The van der Waals surface area contributed by atoms with Gasteiger partial charge in [-0.2, -0.15) is 0 Å². The van der Waals surface area contributed by atoms with Crippen LogP contribution in [0.2, 0.25) is 0 Å². The van der Waals surface area contributed by atoms with Crippen LogP contribution in [-0.2, 0) is 11.2 Å². The van der Waals surface area contributed by atoms with Gasteiger partial charge in [0.05, 0.1) is 6.10 Å². The van der Waals surface area contributed by atoms with Gasteiger partial charge in [-0.05, 0) is 44.7 Å². The maximum absolute atomic E-state index is 5.57. The topological polar surface area (TPSA) is 21.3 Å². The van der Waals surface area contributed by atoms with Crippen molar-refractivity contribution in [2.45, 2.75) is 38.7 Å². The third-order valence-electron chi connectivity index (χ3n) is 3.34. The number of hydrogen-bond acceptors (Lipinski definition) is 2. The van der Waals surface area contributed by atoms with Crippen LogP contribution in [-0.4, -0.2) is 25.8 Å². The Labute approximate surface area is 104 Å². The van der Waals surface area contributed by atoms with Gasteiger partial charge in [0.1, 0.15) is 0 Å². The molecular formula is C15H23NO. The lowest BCUT2D eigenvalue weighted by Crippen LogP contribution is -2.27. The summed E-state index contributed by atoms with van der Waals surface area (Å²) in [6, 6.07) is 8.84. The lowest BCUT2D eigenvalue weighted by molar-refractivity contribution is 0.110. The summed E-state index contributed by atoms with van der Waals surface area (Å²) in [5.41, 5.74) is 2.78. The van der Waals surface area contributed by atoms with Gasteiger partial charge in [-0.3, -0.25) is 0 Å². The van der Waals surface area contributed by atoms with Crippen molar-refractivity contribution in [3.05, 3.63) is 35.4 Å². The van der Waals surface area contributed by atoms with E-state index in [4.69, 9.17) is 4.74 Å². The molecule has 1 fully saturated rings. The minimum Gasteiger partial charge on any atom is -0.377 e. The monoisotopic (exact) mass is 233 g/mol. The van der Waals surface area contributed by atoms with Crippen molar-refractivity contribution in [1.82, 2.24) is 5.32 Å². The highest BCUT2D eigenvalue weighted by Gasteiger charge is 2.13. The van der Waals surface area contributed by atoms with E-state index in [1.54, 1.807) is 0 Å². The van der Waals surface area contributed by atoms with Crippen molar-refractivity contribution in [2.24, 2.45) is 0 Å². The molecule has 0 radical (unpaired) electrons. The first-order chi connectivity index (χ1) is 8.34. The predicted octanol–water partition coefficient (Wildman–Crippen LogP) is 2.70. The van der Waals surface area contributed by atoms with Gasteiger partial charge in [0, 0.05) is 13.2 Å². The van der Waals surface area contributed by atoms with E-state index >= 15 is 0 Å². The smallest absolute Gasteiger partial charge is 0.0700 e. The molecule has 1 atom stereocenters. The Bertz CT molecular complexity index is 314. The largest absolute Gasteiger partial charge is 0.377 e. The molecule has 94 valence electrons. The van der Waals surface area contributed by atoms with Crippen molar-refractivity contribution < 1.29 is 4.74 Å². The van der Waals surface area contributed by atoms with Crippen molar-refractivity contribution in [3.8, 4) is 0 Å². The first kappa shape index (κ1) is 12.6. The van der Waals surface area contributed by atoms with E-state index in [0.717, 1.165) is 19.7 Å². The van der Waals surface area contributed by atoms with Gasteiger partial charge in [0.25, 0.3) is 0 Å². The molecule has 0 saturated carbocycles. The molecular weight excluding hydrogens is 210 g/mol. The molecule has 1 aliphatic rings. The SMILES string of the molecule is Cc1ccc(CCCNCC2CCCO2)cc1. The van der Waals surface area contributed by atoms with Gasteiger partial charge >= 0.3 is 0 Å². The van der Waals surface area contributed by atoms with Crippen LogP contribution in [0.5, 0.6) is 0 Å². The first-order valence-corrected chi connectivity index (χ1v) is 6.72. The highest BCUT2D eigenvalue weighted by molar-refractivity contribution is 5.21. The van der Waals surface area contributed by atoms with Crippen LogP contribution < -0.4 is 5.32 Å².